The fraction of sp³-hybridized carbons (Fsp3) is 0.640. The Morgan fingerprint density at radius 1 is 1.14 bits per heavy atom. The second-order valence-corrected chi connectivity index (χ2v) is 11.2. The predicted molar refractivity (Wildman–Crippen MR) is 128 cm³/mol. The zero-order valence-corrected chi connectivity index (χ0v) is 21.1. The van der Waals surface area contributed by atoms with E-state index >= 15 is 0 Å². The summed E-state index contributed by atoms with van der Waals surface area (Å²) in [5.41, 5.74) is 1.71. The summed E-state index contributed by atoms with van der Waals surface area (Å²) in [7, 11) is 4.25. The summed E-state index contributed by atoms with van der Waals surface area (Å²) in [5.74, 6) is -1.91. The lowest BCUT2D eigenvalue weighted by Crippen LogP contribution is -2.45. The van der Waals surface area contributed by atoms with Gasteiger partial charge in [-0.2, -0.15) is 13.2 Å². The Balaban J connectivity index is 1.51. The summed E-state index contributed by atoms with van der Waals surface area (Å²) in [4.78, 5) is 33.4. The Morgan fingerprint density at radius 2 is 1.86 bits per heavy atom. The normalized spacial score (nSPS) is 25.7. The predicted octanol–water partition coefficient (Wildman–Crippen LogP) is 5.29. The molecule has 2 atom stereocenters. The van der Waals surface area contributed by atoms with Crippen LogP contribution in [0.2, 0.25) is 0 Å². The monoisotopic (exact) mass is 511 g/mol. The highest BCUT2D eigenvalue weighted by Crippen LogP contribution is 2.40. The van der Waals surface area contributed by atoms with Crippen LogP contribution in [-0.2, 0) is 14.3 Å². The number of rotatable bonds is 4. The molecule has 0 bridgehead atoms. The van der Waals surface area contributed by atoms with E-state index in [0.29, 0.717) is 24.9 Å². The molecule has 2 aromatic rings. The van der Waals surface area contributed by atoms with Gasteiger partial charge in [-0.25, -0.2) is 9.78 Å². The highest BCUT2D eigenvalue weighted by atomic mass is 32.1. The van der Waals surface area contributed by atoms with Crippen LogP contribution < -0.4 is 0 Å². The second-order valence-electron chi connectivity index (χ2n) is 10.1. The molecular formula is C25H32F3N3O3S. The van der Waals surface area contributed by atoms with E-state index in [1.54, 1.807) is 11.3 Å². The van der Waals surface area contributed by atoms with Crippen LogP contribution in [0.5, 0.6) is 0 Å². The van der Waals surface area contributed by atoms with Crippen LogP contribution in [0.15, 0.2) is 18.2 Å². The largest absolute Gasteiger partial charge is 0.449 e. The summed E-state index contributed by atoms with van der Waals surface area (Å²) < 4.78 is 42.7. The number of hydrogen-bond donors (Lipinski definition) is 0. The molecule has 1 saturated carbocycles. The lowest BCUT2D eigenvalue weighted by atomic mass is 9.86. The van der Waals surface area contributed by atoms with Crippen molar-refractivity contribution in [2.75, 3.05) is 27.2 Å². The minimum Gasteiger partial charge on any atom is -0.449 e. The number of amides is 1. The average molecular weight is 512 g/mol. The molecule has 1 aromatic carbocycles. The summed E-state index contributed by atoms with van der Waals surface area (Å²) >= 11 is 1.70. The number of aromatic nitrogens is 1. The van der Waals surface area contributed by atoms with E-state index < -0.39 is 30.7 Å². The number of thiazole rings is 1. The standard InChI is InChI=1S/C25H32F3N3O3S/c1-15-4-10-20(31(13-15)23(32)24(33)34-14-25(26,27)28)17-7-11-21-19(12-17)29-22(35-21)16-5-8-18(9-6-16)30(2)3/h7,11-12,15-16,18,20H,4-6,8-10,13-14H2,1-3H3. The number of benzene rings is 1. The maximum absolute atomic E-state index is 12.8. The number of halogens is 3. The number of carbonyl (C=O) groups is 2. The molecule has 2 unspecified atom stereocenters. The molecule has 0 spiro atoms. The van der Waals surface area contributed by atoms with Gasteiger partial charge in [-0.1, -0.05) is 13.0 Å². The molecule has 4 rings (SSSR count). The van der Waals surface area contributed by atoms with Crippen molar-refractivity contribution in [3.05, 3.63) is 28.8 Å². The van der Waals surface area contributed by atoms with Crippen molar-refractivity contribution < 1.29 is 27.5 Å². The summed E-state index contributed by atoms with van der Waals surface area (Å²) in [5, 5.41) is 1.13. The number of esters is 1. The van der Waals surface area contributed by atoms with E-state index in [9.17, 15) is 22.8 Å². The van der Waals surface area contributed by atoms with Crippen molar-refractivity contribution in [1.29, 1.82) is 0 Å². The summed E-state index contributed by atoms with van der Waals surface area (Å²) in [6.45, 7) is 0.480. The van der Waals surface area contributed by atoms with Crippen LogP contribution in [0, 0.1) is 5.92 Å². The molecule has 2 heterocycles. The van der Waals surface area contributed by atoms with E-state index in [0.717, 1.165) is 52.9 Å². The van der Waals surface area contributed by atoms with E-state index in [1.165, 1.54) is 4.90 Å². The topological polar surface area (TPSA) is 62.7 Å². The molecule has 35 heavy (non-hydrogen) atoms. The number of nitrogens with zero attached hydrogens (tertiary/aromatic N) is 3. The van der Waals surface area contributed by atoms with Gasteiger partial charge in [0, 0.05) is 18.5 Å². The van der Waals surface area contributed by atoms with Gasteiger partial charge in [0.2, 0.25) is 0 Å². The third-order valence-electron chi connectivity index (χ3n) is 7.21. The first kappa shape index (κ1) is 25.9. The Morgan fingerprint density at radius 3 is 2.51 bits per heavy atom. The van der Waals surface area contributed by atoms with Crippen molar-refractivity contribution in [3.8, 4) is 0 Å². The number of hydrogen-bond acceptors (Lipinski definition) is 6. The van der Waals surface area contributed by atoms with Crippen LogP contribution >= 0.6 is 11.3 Å². The van der Waals surface area contributed by atoms with Crippen molar-refractivity contribution in [3.63, 3.8) is 0 Å². The van der Waals surface area contributed by atoms with Gasteiger partial charge in [0.15, 0.2) is 6.61 Å². The molecule has 0 radical (unpaired) electrons. The van der Waals surface area contributed by atoms with Gasteiger partial charge in [0.25, 0.3) is 0 Å². The minimum atomic E-state index is -4.68. The zero-order chi connectivity index (χ0) is 25.3. The lowest BCUT2D eigenvalue weighted by Gasteiger charge is -2.38. The van der Waals surface area contributed by atoms with E-state index in [-0.39, 0.29) is 5.92 Å². The van der Waals surface area contributed by atoms with E-state index in [1.807, 2.05) is 25.1 Å². The number of fused-ring (bicyclic) bond motifs is 1. The highest BCUT2D eigenvalue weighted by Gasteiger charge is 2.37. The van der Waals surface area contributed by atoms with Gasteiger partial charge >= 0.3 is 18.1 Å². The van der Waals surface area contributed by atoms with Gasteiger partial charge in [-0.3, -0.25) is 4.79 Å². The van der Waals surface area contributed by atoms with Crippen LogP contribution in [0.1, 0.15) is 68.0 Å². The van der Waals surface area contributed by atoms with Crippen LogP contribution in [0.25, 0.3) is 10.2 Å². The summed E-state index contributed by atoms with van der Waals surface area (Å²) in [6.07, 6.45) is 1.32. The first-order valence-corrected chi connectivity index (χ1v) is 12.9. The van der Waals surface area contributed by atoms with Gasteiger partial charge in [0.1, 0.15) is 0 Å². The molecule has 6 nitrogen and oxygen atoms in total. The maximum atomic E-state index is 12.8. The molecule has 1 aliphatic carbocycles. The van der Waals surface area contributed by atoms with Crippen LogP contribution in [0.4, 0.5) is 13.2 Å². The molecule has 1 amide bonds. The Bertz CT molecular complexity index is 1060. The Kier molecular flexibility index (Phi) is 7.71. The van der Waals surface area contributed by atoms with Crippen LogP contribution in [-0.4, -0.2) is 66.1 Å². The molecule has 10 heteroatoms. The number of alkyl halides is 3. The number of carbonyl (C=O) groups excluding carboxylic acids is 2. The van der Waals surface area contributed by atoms with Gasteiger partial charge in [0.05, 0.1) is 21.3 Å². The number of ether oxygens (including phenoxy) is 1. The third kappa shape index (κ3) is 6.14. The number of piperidine rings is 1. The van der Waals surface area contributed by atoms with Gasteiger partial charge < -0.3 is 14.5 Å². The zero-order valence-electron chi connectivity index (χ0n) is 20.3. The van der Waals surface area contributed by atoms with Crippen molar-refractivity contribution in [1.82, 2.24) is 14.8 Å². The average Bonchev–Trinajstić information content (AvgIpc) is 3.25. The van der Waals surface area contributed by atoms with E-state index in [4.69, 9.17) is 4.98 Å². The molecule has 2 aliphatic rings. The van der Waals surface area contributed by atoms with Crippen molar-refractivity contribution in [2.24, 2.45) is 5.92 Å². The minimum absolute atomic E-state index is 0.137. The molecule has 1 aliphatic heterocycles. The molecule has 2 fully saturated rings. The fourth-order valence-electron chi connectivity index (χ4n) is 5.23. The van der Waals surface area contributed by atoms with Crippen molar-refractivity contribution >= 4 is 33.4 Å². The number of likely N-dealkylation sites (tertiary alicyclic amines) is 1. The van der Waals surface area contributed by atoms with Crippen molar-refractivity contribution in [2.45, 2.75) is 69.6 Å². The summed E-state index contributed by atoms with van der Waals surface area (Å²) in [6, 6.07) is 6.12. The van der Waals surface area contributed by atoms with Gasteiger partial charge in [-0.15, -0.1) is 11.3 Å². The molecule has 192 valence electrons. The lowest BCUT2D eigenvalue weighted by molar-refractivity contribution is -0.190. The second kappa shape index (κ2) is 10.4. The Hall–Kier alpha value is -2.20. The first-order chi connectivity index (χ1) is 16.5. The first-order valence-electron chi connectivity index (χ1n) is 12.1. The molecule has 0 N–H and O–H groups in total. The fourth-order valence-corrected chi connectivity index (χ4v) is 6.35. The SMILES string of the molecule is CC1CCC(c2ccc3sc(C4CCC(N(C)C)CC4)nc3c2)N(C(=O)C(=O)OCC(F)(F)F)C1. The Labute approximate surface area is 207 Å². The van der Waals surface area contributed by atoms with Gasteiger partial charge in [-0.05, 0) is 76.2 Å². The van der Waals surface area contributed by atoms with E-state index in [2.05, 4.69) is 23.7 Å². The smallest absolute Gasteiger partial charge is 0.422 e. The van der Waals surface area contributed by atoms with Crippen LogP contribution in [0.3, 0.4) is 0 Å². The molecule has 1 aromatic heterocycles. The highest BCUT2D eigenvalue weighted by molar-refractivity contribution is 7.18. The maximum Gasteiger partial charge on any atom is 0.422 e. The molecule has 1 saturated heterocycles. The third-order valence-corrected chi connectivity index (χ3v) is 8.41. The quantitative estimate of drug-likeness (QED) is 0.412. The molecular weight excluding hydrogens is 479 g/mol.